The Morgan fingerprint density at radius 3 is 2.65 bits per heavy atom. The van der Waals surface area contributed by atoms with Crippen LogP contribution >= 0.6 is 0 Å². The third kappa shape index (κ3) is 2.11. The van der Waals surface area contributed by atoms with Gasteiger partial charge in [-0.3, -0.25) is 0 Å². The zero-order chi connectivity index (χ0) is 14.3. The number of rotatable bonds is 2. The molecule has 0 saturated heterocycles. The summed E-state index contributed by atoms with van der Waals surface area (Å²) in [5, 5.41) is 3.32. The van der Waals surface area contributed by atoms with Crippen LogP contribution in [0, 0.1) is 0 Å². The van der Waals surface area contributed by atoms with E-state index < -0.39 is 12.1 Å². The van der Waals surface area contributed by atoms with Gasteiger partial charge in [-0.05, 0) is 12.1 Å². The molecule has 0 aliphatic rings. The average molecular weight is 283 g/mol. The van der Waals surface area contributed by atoms with Gasteiger partial charge < -0.3 is 14.7 Å². The molecule has 6 nitrogen and oxygen atoms in total. The Balaban J connectivity index is 2.03. The van der Waals surface area contributed by atoms with Crippen molar-refractivity contribution in [3.63, 3.8) is 0 Å². The molecule has 0 fully saturated rings. The highest BCUT2D eigenvalue weighted by molar-refractivity contribution is 5.57. The molecular formula is C11H8F3N5O. The van der Waals surface area contributed by atoms with Crippen LogP contribution < -0.4 is 5.73 Å². The second-order valence-corrected chi connectivity index (χ2v) is 4.04. The predicted octanol–water partition coefficient (Wildman–Crippen LogP) is 1.86. The Hall–Kier alpha value is -2.42. The largest absolute Gasteiger partial charge is 0.471 e. The maximum absolute atomic E-state index is 12.4. The van der Waals surface area contributed by atoms with Gasteiger partial charge >= 0.3 is 12.1 Å². The first kappa shape index (κ1) is 12.6. The first-order valence-electron chi connectivity index (χ1n) is 5.56. The summed E-state index contributed by atoms with van der Waals surface area (Å²) in [7, 11) is 0. The molecule has 3 heterocycles. The second-order valence-electron chi connectivity index (χ2n) is 4.04. The Morgan fingerprint density at radius 1 is 1.20 bits per heavy atom. The van der Waals surface area contributed by atoms with E-state index in [9.17, 15) is 13.2 Å². The molecule has 0 unspecified atom stereocenters. The van der Waals surface area contributed by atoms with E-state index in [-0.39, 0.29) is 12.4 Å². The van der Waals surface area contributed by atoms with Gasteiger partial charge in [0.1, 0.15) is 5.65 Å². The fourth-order valence-corrected chi connectivity index (χ4v) is 1.73. The maximum Gasteiger partial charge on any atom is 0.471 e. The molecule has 9 heteroatoms. The first-order valence-corrected chi connectivity index (χ1v) is 5.56. The van der Waals surface area contributed by atoms with E-state index in [1.807, 2.05) is 0 Å². The molecule has 0 atom stereocenters. The van der Waals surface area contributed by atoms with Gasteiger partial charge in [-0.15, -0.1) is 0 Å². The van der Waals surface area contributed by atoms with E-state index in [1.54, 1.807) is 28.9 Å². The first-order chi connectivity index (χ1) is 9.47. The number of nitrogens with two attached hydrogens (primary N) is 1. The number of nitrogens with zero attached hydrogens (tertiary/aromatic N) is 4. The van der Waals surface area contributed by atoms with E-state index in [4.69, 9.17) is 5.73 Å². The summed E-state index contributed by atoms with van der Waals surface area (Å²) in [5.74, 6) is -1.51. The number of halogens is 3. The van der Waals surface area contributed by atoms with Crippen LogP contribution in [0.25, 0.3) is 17.0 Å². The summed E-state index contributed by atoms with van der Waals surface area (Å²) in [6, 6.07) is 3.20. The van der Waals surface area contributed by atoms with Crippen molar-refractivity contribution in [1.82, 2.24) is 19.5 Å². The third-order valence-electron chi connectivity index (χ3n) is 2.64. The number of fused-ring (bicyclic) bond motifs is 1. The minimum absolute atomic E-state index is 0.137. The topological polar surface area (TPSA) is 82.2 Å². The van der Waals surface area contributed by atoms with Gasteiger partial charge in [-0.1, -0.05) is 5.16 Å². The van der Waals surface area contributed by atoms with Gasteiger partial charge in [-0.2, -0.15) is 18.2 Å². The number of imidazole rings is 1. The van der Waals surface area contributed by atoms with E-state index >= 15 is 0 Å². The van der Waals surface area contributed by atoms with Gasteiger partial charge in [0.25, 0.3) is 0 Å². The molecule has 0 aliphatic carbocycles. The monoisotopic (exact) mass is 283 g/mol. The van der Waals surface area contributed by atoms with Gasteiger partial charge in [0.15, 0.2) is 0 Å². The SMILES string of the molecule is NCc1cn2cc(-c3noc(C(F)(F)F)n3)ccc2n1. The summed E-state index contributed by atoms with van der Waals surface area (Å²) >= 11 is 0. The lowest BCUT2D eigenvalue weighted by molar-refractivity contribution is -0.159. The molecular weight excluding hydrogens is 275 g/mol. The van der Waals surface area contributed by atoms with Crippen LogP contribution in [0.4, 0.5) is 13.2 Å². The van der Waals surface area contributed by atoms with Crippen molar-refractivity contribution in [2.75, 3.05) is 0 Å². The number of hydrogen-bond donors (Lipinski definition) is 1. The van der Waals surface area contributed by atoms with E-state index in [1.165, 1.54) is 0 Å². The molecule has 3 aromatic heterocycles. The van der Waals surface area contributed by atoms with E-state index in [2.05, 4.69) is 19.6 Å². The van der Waals surface area contributed by atoms with Crippen molar-refractivity contribution in [2.45, 2.75) is 12.7 Å². The van der Waals surface area contributed by atoms with Crippen molar-refractivity contribution in [2.24, 2.45) is 5.73 Å². The molecule has 0 aliphatic heterocycles. The molecule has 0 spiro atoms. The lowest BCUT2D eigenvalue weighted by Gasteiger charge is -1.97. The lowest BCUT2D eigenvalue weighted by Crippen LogP contribution is -2.04. The quantitative estimate of drug-likeness (QED) is 0.776. The molecule has 0 radical (unpaired) electrons. The van der Waals surface area contributed by atoms with Crippen LogP contribution in [-0.4, -0.2) is 19.5 Å². The summed E-state index contributed by atoms with van der Waals surface area (Å²) < 4.78 is 43.0. The average Bonchev–Trinajstić information content (AvgIpc) is 3.03. The molecule has 20 heavy (non-hydrogen) atoms. The molecule has 0 bridgehead atoms. The number of aromatic nitrogens is 4. The number of hydrogen-bond acceptors (Lipinski definition) is 5. The molecule has 3 aromatic rings. The van der Waals surface area contributed by atoms with Crippen molar-refractivity contribution in [1.29, 1.82) is 0 Å². The minimum Gasteiger partial charge on any atom is -0.329 e. The summed E-state index contributed by atoms with van der Waals surface area (Å²) in [6.07, 6.45) is -1.41. The summed E-state index contributed by atoms with van der Waals surface area (Å²) in [5.41, 5.74) is 7.17. The van der Waals surface area contributed by atoms with Crippen LogP contribution in [0.5, 0.6) is 0 Å². The van der Waals surface area contributed by atoms with Gasteiger partial charge in [0, 0.05) is 24.5 Å². The van der Waals surface area contributed by atoms with Crippen LogP contribution in [0.3, 0.4) is 0 Å². The molecule has 104 valence electrons. The van der Waals surface area contributed by atoms with E-state index in [0.29, 0.717) is 16.9 Å². The third-order valence-corrected chi connectivity index (χ3v) is 2.64. The highest BCUT2D eigenvalue weighted by Gasteiger charge is 2.38. The van der Waals surface area contributed by atoms with E-state index in [0.717, 1.165) is 0 Å². The van der Waals surface area contributed by atoms with Crippen molar-refractivity contribution < 1.29 is 17.7 Å². The van der Waals surface area contributed by atoms with Gasteiger partial charge in [0.2, 0.25) is 5.82 Å². The molecule has 3 rings (SSSR count). The Labute approximate surface area is 110 Å². The molecule has 0 saturated carbocycles. The Morgan fingerprint density at radius 2 is 2.00 bits per heavy atom. The smallest absolute Gasteiger partial charge is 0.329 e. The highest BCUT2D eigenvalue weighted by Crippen LogP contribution is 2.29. The van der Waals surface area contributed by atoms with Crippen LogP contribution in [0.2, 0.25) is 0 Å². The minimum atomic E-state index is -4.66. The second kappa shape index (κ2) is 4.30. The fourth-order valence-electron chi connectivity index (χ4n) is 1.73. The number of alkyl halides is 3. The van der Waals surface area contributed by atoms with Crippen LogP contribution in [0.1, 0.15) is 11.6 Å². The van der Waals surface area contributed by atoms with Crippen molar-refractivity contribution >= 4 is 5.65 Å². The zero-order valence-electron chi connectivity index (χ0n) is 9.92. The molecule has 2 N–H and O–H groups in total. The summed E-state index contributed by atoms with van der Waals surface area (Å²) in [4.78, 5) is 7.53. The molecule has 0 aromatic carbocycles. The highest BCUT2D eigenvalue weighted by atomic mass is 19.4. The van der Waals surface area contributed by atoms with Crippen molar-refractivity contribution in [3.8, 4) is 11.4 Å². The zero-order valence-corrected chi connectivity index (χ0v) is 9.92. The normalized spacial score (nSPS) is 12.2. The van der Waals surface area contributed by atoms with Crippen molar-refractivity contribution in [3.05, 3.63) is 36.1 Å². The van der Waals surface area contributed by atoms with Crippen LogP contribution in [0.15, 0.2) is 29.0 Å². The standard InChI is InChI=1S/C11H8F3N5O/c12-11(13,14)10-17-9(18-20-10)6-1-2-8-16-7(3-15)5-19(8)4-6/h1-2,4-5H,3,15H2. The molecule has 0 amide bonds. The van der Waals surface area contributed by atoms with Gasteiger partial charge in [0.05, 0.1) is 5.69 Å². The predicted molar refractivity (Wildman–Crippen MR) is 61.4 cm³/mol. The fraction of sp³-hybridized carbons (Fsp3) is 0.182. The Bertz CT molecular complexity index is 761. The maximum atomic E-state index is 12.4. The number of pyridine rings is 1. The summed E-state index contributed by atoms with van der Waals surface area (Å²) in [6.45, 7) is 0.275. The Kier molecular flexibility index (Phi) is 2.71. The van der Waals surface area contributed by atoms with Crippen LogP contribution in [-0.2, 0) is 12.7 Å². The lowest BCUT2D eigenvalue weighted by atomic mass is 10.3. The van der Waals surface area contributed by atoms with Gasteiger partial charge in [-0.25, -0.2) is 4.98 Å².